The van der Waals surface area contributed by atoms with Crippen molar-refractivity contribution < 1.29 is 0 Å². The van der Waals surface area contributed by atoms with Crippen molar-refractivity contribution in [3.8, 4) is 0 Å². The smallest absolute Gasteiger partial charge is 0.0407 e. The molecule has 1 fully saturated rings. The third-order valence-electron chi connectivity index (χ3n) is 1.71. The molecule has 0 aromatic rings. The summed E-state index contributed by atoms with van der Waals surface area (Å²) in [5, 5.41) is 0. The largest absolute Gasteiger partial charge is 0.0878 e. The van der Waals surface area contributed by atoms with Crippen LogP contribution in [0.25, 0.3) is 0 Å². The molecule has 0 radical (unpaired) electrons. The normalized spacial score (nSPS) is 49.2. The van der Waals surface area contributed by atoms with E-state index in [1.165, 1.54) is 12.8 Å². The molecule has 60 valence electrons. The minimum Gasteiger partial charge on any atom is -0.0878 e. The molecule has 0 nitrogen and oxygen atoms in total. The van der Waals surface area contributed by atoms with E-state index < -0.39 is 0 Å². The van der Waals surface area contributed by atoms with Crippen LogP contribution in [0.5, 0.6) is 0 Å². The van der Waals surface area contributed by atoms with Crippen molar-refractivity contribution in [3.63, 3.8) is 0 Å². The molecular weight excluding hydrogens is 392 g/mol. The molecule has 0 bridgehead atoms. The van der Waals surface area contributed by atoms with Crippen molar-refractivity contribution in [3.05, 3.63) is 0 Å². The molecule has 0 heterocycles. The maximum absolute atomic E-state index is 3.64. The van der Waals surface area contributed by atoms with Crippen molar-refractivity contribution >= 4 is 63.7 Å². The quantitative estimate of drug-likeness (QED) is 0.543. The van der Waals surface area contributed by atoms with Crippen molar-refractivity contribution in [2.45, 2.75) is 32.2 Å². The molecule has 0 amide bonds. The van der Waals surface area contributed by atoms with Crippen LogP contribution in [-0.2, 0) is 0 Å². The van der Waals surface area contributed by atoms with Crippen LogP contribution in [0.1, 0.15) is 12.8 Å². The van der Waals surface area contributed by atoms with Gasteiger partial charge in [0.15, 0.2) is 0 Å². The van der Waals surface area contributed by atoms with Gasteiger partial charge in [-0.3, -0.25) is 0 Å². The molecule has 1 aliphatic carbocycles. The number of hydrogen-bond donors (Lipinski definition) is 0. The Hall–Kier alpha value is 1.92. The Morgan fingerprint density at radius 2 is 1.00 bits per heavy atom. The summed E-state index contributed by atoms with van der Waals surface area (Å²) < 4.78 is 0. The first kappa shape index (κ1) is 10.0. The highest BCUT2D eigenvalue weighted by Crippen LogP contribution is 2.37. The van der Waals surface area contributed by atoms with Crippen LogP contribution in [0.2, 0.25) is 0 Å². The molecule has 0 unspecified atom stereocenters. The summed E-state index contributed by atoms with van der Waals surface area (Å²) in [6.07, 6.45) is 2.49. The lowest BCUT2D eigenvalue weighted by Gasteiger charge is -2.31. The topological polar surface area (TPSA) is 0 Å². The lowest BCUT2D eigenvalue weighted by molar-refractivity contribution is 0.574. The summed E-state index contributed by atoms with van der Waals surface area (Å²) in [5.41, 5.74) is 0. The van der Waals surface area contributed by atoms with E-state index in [1.807, 2.05) is 0 Å². The van der Waals surface area contributed by atoms with E-state index in [0.717, 1.165) is 0 Å². The summed E-state index contributed by atoms with van der Waals surface area (Å²) >= 11 is 14.5. The molecule has 0 saturated heterocycles. The van der Waals surface area contributed by atoms with Gasteiger partial charge >= 0.3 is 0 Å². The van der Waals surface area contributed by atoms with Gasteiger partial charge in [-0.05, 0) is 12.8 Å². The zero-order valence-corrected chi connectivity index (χ0v) is 11.6. The highest BCUT2D eigenvalue weighted by atomic mass is 79.9. The van der Waals surface area contributed by atoms with Crippen LogP contribution in [-0.4, -0.2) is 19.3 Å². The molecule has 10 heavy (non-hydrogen) atoms. The van der Waals surface area contributed by atoms with Crippen LogP contribution in [0, 0.1) is 0 Å². The zero-order chi connectivity index (χ0) is 7.72. The number of halogens is 4. The lowest BCUT2D eigenvalue weighted by atomic mass is 10.0. The molecule has 1 rings (SSSR count). The third kappa shape index (κ3) is 2.20. The Morgan fingerprint density at radius 3 is 1.30 bits per heavy atom. The first-order valence-corrected chi connectivity index (χ1v) is 6.85. The van der Waals surface area contributed by atoms with Gasteiger partial charge in [0.05, 0.1) is 0 Å². The van der Waals surface area contributed by atoms with Gasteiger partial charge < -0.3 is 0 Å². The molecule has 0 aromatic heterocycles. The monoisotopic (exact) mass is 396 g/mol. The fourth-order valence-corrected chi connectivity index (χ4v) is 4.31. The van der Waals surface area contributed by atoms with Gasteiger partial charge in [0.2, 0.25) is 0 Å². The number of hydrogen-bond acceptors (Lipinski definition) is 0. The van der Waals surface area contributed by atoms with Crippen molar-refractivity contribution in [2.24, 2.45) is 0 Å². The van der Waals surface area contributed by atoms with E-state index >= 15 is 0 Å². The second-order valence-corrected chi connectivity index (χ2v) is 6.97. The van der Waals surface area contributed by atoms with Gasteiger partial charge in [0, 0.05) is 19.3 Å². The maximum Gasteiger partial charge on any atom is 0.0407 e. The summed E-state index contributed by atoms with van der Waals surface area (Å²) in [6.45, 7) is 0. The highest BCUT2D eigenvalue weighted by Gasteiger charge is 2.33. The molecule has 4 atom stereocenters. The maximum atomic E-state index is 3.64. The van der Waals surface area contributed by atoms with Crippen molar-refractivity contribution in [2.75, 3.05) is 0 Å². The average molecular weight is 400 g/mol. The Morgan fingerprint density at radius 1 is 0.700 bits per heavy atom. The summed E-state index contributed by atoms with van der Waals surface area (Å²) in [6, 6.07) is 0. The molecular formula is C6H8Br4. The fourth-order valence-electron chi connectivity index (χ4n) is 1.04. The fraction of sp³-hybridized carbons (Fsp3) is 1.00. The van der Waals surface area contributed by atoms with Crippen molar-refractivity contribution in [1.82, 2.24) is 0 Å². The van der Waals surface area contributed by atoms with Crippen LogP contribution >= 0.6 is 63.7 Å². The molecule has 0 aromatic carbocycles. The van der Waals surface area contributed by atoms with Gasteiger partial charge in [0.25, 0.3) is 0 Å². The Bertz CT molecular complexity index is 102. The predicted molar refractivity (Wildman–Crippen MR) is 60.1 cm³/mol. The highest BCUT2D eigenvalue weighted by molar-refractivity contribution is 9.14. The molecule has 0 aliphatic heterocycles. The van der Waals surface area contributed by atoms with Gasteiger partial charge in [-0.2, -0.15) is 0 Å². The molecule has 0 spiro atoms. The van der Waals surface area contributed by atoms with E-state index in [9.17, 15) is 0 Å². The molecule has 0 N–H and O–H groups in total. The lowest BCUT2D eigenvalue weighted by Crippen LogP contribution is -2.36. The predicted octanol–water partition coefficient (Wildman–Crippen LogP) is 3.83. The zero-order valence-electron chi connectivity index (χ0n) is 5.24. The molecule has 1 aliphatic rings. The Kier molecular flexibility index (Phi) is 4.24. The number of alkyl halides is 4. The van der Waals surface area contributed by atoms with E-state index in [2.05, 4.69) is 63.7 Å². The summed E-state index contributed by atoms with van der Waals surface area (Å²) in [5.74, 6) is 0. The van der Waals surface area contributed by atoms with Gasteiger partial charge in [0.1, 0.15) is 0 Å². The second-order valence-electron chi connectivity index (χ2n) is 2.50. The Labute approximate surface area is 95.0 Å². The first-order valence-electron chi connectivity index (χ1n) is 3.19. The van der Waals surface area contributed by atoms with Gasteiger partial charge in [-0.25, -0.2) is 0 Å². The van der Waals surface area contributed by atoms with E-state index in [1.54, 1.807) is 0 Å². The second kappa shape index (κ2) is 4.24. The Balaban J connectivity index is 2.52. The van der Waals surface area contributed by atoms with Gasteiger partial charge in [-0.15, -0.1) is 0 Å². The van der Waals surface area contributed by atoms with Crippen LogP contribution in [0.4, 0.5) is 0 Å². The van der Waals surface area contributed by atoms with Crippen LogP contribution < -0.4 is 0 Å². The number of rotatable bonds is 0. The standard InChI is InChI=1S/C6H8Br4/c7-3-1-2-4(8)6(10)5(3)9/h3-6H,1-2H2/t3-,4-,5-,6-/m0/s1. The van der Waals surface area contributed by atoms with E-state index in [-0.39, 0.29) is 0 Å². The molecule has 1 saturated carbocycles. The van der Waals surface area contributed by atoms with Crippen molar-refractivity contribution in [1.29, 1.82) is 0 Å². The van der Waals surface area contributed by atoms with Gasteiger partial charge in [-0.1, -0.05) is 63.7 Å². The minimum absolute atomic E-state index is 0.547. The SMILES string of the molecule is Br[C@@H]1[C@@H](Br)[C@@H](Br)CC[C@@H]1Br. The van der Waals surface area contributed by atoms with E-state index in [4.69, 9.17) is 0 Å². The third-order valence-corrected chi connectivity index (χ3v) is 8.31. The molecule has 4 heteroatoms. The van der Waals surface area contributed by atoms with Crippen LogP contribution in [0.3, 0.4) is 0 Å². The summed E-state index contributed by atoms with van der Waals surface area (Å²) in [4.78, 5) is 2.33. The summed E-state index contributed by atoms with van der Waals surface area (Å²) in [7, 11) is 0. The van der Waals surface area contributed by atoms with E-state index in [0.29, 0.717) is 19.3 Å². The minimum atomic E-state index is 0.547. The first-order chi connectivity index (χ1) is 4.63. The van der Waals surface area contributed by atoms with Crippen LogP contribution in [0.15, 0.2) is 0 Å². The average Bonchev–Trinajstić information content (AvgIpc) is 1.93.